The Kier molecular flexibility index (Phi) is 3.92. The van der Waals surface area contributed by atoms with Crippen molar-refractivity contribution < 1.29 is 14.7 Å². The van der Waals surface area contributed by atoms with Crippen molar-refractivity contribution in [2.24, 2.45) is 0 Å². The fourth-order valence-electron chi connectivity index (χ4n) is 3.33. The second-order valence-corrected chi connectivity index (χ2v) is 5.72. The van der Waals surface area contributed by atoms with E-state index in [1.807, 2.05) is 24.3 Å². The molecule has 2 aliphatic rings. The molecule has 112 valence electrons. The van der Waals surface area contributed by atoms with Gasteiger partial charge < -0.3 is 15.3 Å². The lowest BCUT2D eigenvalue weighted by atomic mass is 9.91. The van der Waals surface area contributed by atoms with Crippen LogP contribution in [0.4, 0.5) is 0 Å². The molecule has 1 saturated heterocycles. The van der Waals surface area contributed by atoms with E-state index in [0.29, 0.717) is 6.54 Å². The predicted octanol–water partition coefficient (Wildman–Crippen LogP) is 1.34. The second kappa shape index (κ2) is 5.85. The molecule has 0 aliphatic carbocycles. The maximum atomic E-state index is 12.7. The van der Waals surface area contributed by atoms with Gasteiger partial charge in [-0.15, -0.1) is 0 Å². The number of carbonyl (C=O) groups is 2. The Bertz CT molecular complexity index is 552. The van der Waals surface area contributed by atoms with Gasteiger partial charge in [-0.05, 0) is 36.9 Å². The van der Waals surface area contributed by atoms with Gasteiger partial charge in [-0.3, -0.25) is 4.79 Å². The number of aliphatic carboxylic acids is 1. The van der Waals surface area contributed by atoms with Gasteiger partial charge in [-0.25, -0.2) is 4.79 Å². The third kappa shape index (κ3) is 2.65. The smallest absolute Gasteiger partial charge is 0.331 e. The van der Waals surface area contributed by atoms with Crippen LogP contribution in [0.15, 0.2) is 24.3 Å². The topological polar surface area (TPSA) is 69.6 Å². The van der Waals surface area contributed by atoms with Crippen molar-refractivity contribution in [1.29, 1.82) is 0 Å². The number of nitrogens with zero attached hydrogens (tertiary/aromatic N) is 1. The summed E-state index contributed by atoms with van der Waals surface area (Å²) in [5.41, 5.74) is 1.78. The van der Waals surface area contributed by atoms with Crippen molar-refractivity contribution in [2.45, 2.75) is 37.8 Å². The van der Waals surface area contributed by atoms with E-state index in [9.17, 15) is 14.7 Å². The van der Waals surface area contributed by atoms with Crippen molar-refractivity contribution in [3.8, 4) is 0 Å². The quantitative estimate of drug-likeness (QED) is 0.861. The molecular formula is C16H20N2O3. The molecule has 5 heteroatoms. The van der Waals surface area contributed by atoms with Crippen LogP contribution in [0.25, 0.3) is 0 Å². The summed E-state index contributed by atoms with van der Waals surface area (Å²) in [7, 11) is 0. The zero-order valence-electron chi connectivity index (χ0n) is 11.9. The number of rotatable bonds is 2. The number of carboxylic acids is 1. The largest absolute Gasteiger partial charge is 0.479 e. The van der Waals surface area contributed by atoms with Crippen LogP contribution < -0.4 is 5.32 Å². The summed E-state index contributed by atoms with van der Waals surface area (Å²) in [6.45, 7) is 1.31. The second-order valence-electron chi connectivity index (χ2n) is 5.72. The Balaban J connectivity index is 1.88. The van der Waals surface area contributed by atoms with Gasteiger partial charge in [0.25, 0.3) is 0 Å². The van der Waals surface area contributed by atoms with Crippen molar-refractivity contribution >= 4 is 11.9 Å². The molecule has 1 aromatic carbocycles. The highest BCUT2D eigenvalue weighted by atomic mass is 16.4. The Morgan fingerprint density at radius 3 is 2.76 bits per heavy atom. The summed E-state index contributed by atoms with van der Waals surface area (Å²) in [5.74, 6) is -1.03. The molecule has 2 atom stereocenters. The van der Waals surface area contributed by atoms with E-state index < -0.39 is 12.0 Å². The first kappa shape index (κ1) is 14.1. The molecule has 5 nitrogen and oxygen atoms in total. The molecule has 1 unspecified atom stereocenters. The molecular weight excluding hydrogens is 268 g/mol. The number of carbonyl (C=O) groups excluding carboxylic acids is 1. The molecule has 0 spiro atoms. The summed E-state index contributed by atoms with van der Waals surface area (Å²) in [4.78, 5) is 25.9. The summed E-state index contributed by atoms with van der Waals surface area (Å²) in [6.07, 6.45) is 3.61. The fourth-order valence-corrected chi connectivity index (χ4v) is 3.33. The summed E-state index contributed by atoms with van der Waals surface area (Å²) in [5, 5.41) is 12.8. The molecule has 1 aromatic rings. The van der Waals surface area contributed by atoms with E-state index in [2.05, 4.69) is 5.32 Å². The highest BCUT2D eigenvalue weighted by Crippen LogP contribution is 2.31. The van der Waals surface area contributed by atoms with Gasteiger partial charge in [-0.2, -0.15) is 0 Å². The first-order valence-electron chi connectivity index (χ1n) is 7.53. The number of benzene rings is 1. The molecule has 2 aliphatic heterocycles. The minimum Gasteiger partial charge on any atom is -0.479 e. The van der Waals surface area contributed by atoms with Crippen molar-refractivity contribution in [2.75, 3.05) is 13.1 Å². The van der Waals surface area contributed by atoms with Gasteiger partial charge >= 0.3 is 5.97 Å². The highest BCUT2D eigenvalue weighted by molar-refractivity contribution is 5.88. The number of amides is 1. The maximum absolute atomic E-state index is 12.7. The Morgan fingerprint density at radius 1 is 1.24 bits per heavy atom. The summed E-state index contributed by atoms with van der Waals surface area (Å²) < 4.78 is 0. The summed E-state index contributed by atoms with van der Waals surface area (Å²) >= 11 is 0. The predicted molar refractivity (Wildman–Crippen MR) is 77.9 cm³/mol. The molecule has 0 saturated carbocycles. The van der Waals surface area contributed by atoms with E-state index in [1.54, 1.807) is 0 Å². The normalized spacial score (nSPS) is 25.2. The Labute approximate surface area is 123 Å². The van der Waals surface area contributed by atoms with Crippen LogP contribution in [0.1, 0.15) is 36.4 Å². The van der Waals surface area contributed by atoms with E-state index >= 15 is 0 Å². The molecule has 1 amide bonds. The van der Waals surface area contributed by atoms with Crippen molar-refractivity contribution in [1.82, 2.24) is 10.2 Å². The number of piperidine rings is 1. The van der Waals surface area contributed by atoms with E-state index in [0.717, 1.165) is 43.4 Å². The highest BCUT2D eigenvalue weighted by Gasteiger charge is 2.38. The summed E-state index contributed by atoms with van der Waals surface area (Å²) in [6, 6.07) is 6.44. The third-order valence-corrected chi connectivity index (χ3v) is 4.41. The van der Waals surface area contributed by atoms with Crippen LogP contribution in [0, 0.1) is 0 Å². The molecule has 0 aromatic heterocycles. The lowest BCUT2D eigenvalue weighted by molar-refractivity contribution is -0.152. The molecule has 2 N–H and O–H groups in total. The van der Waals surface area contributed by atoms with Gasteiger partial charge in [0, 0.05) is 6.54 Å². The van der Waals surface area contributed by atoms with Crippen molar-refractivity contribution in [3.05, 3.63) is 35.4 Å². The molecule has 21 heavy (non-hydrogen) atoms. The molecule has 2 heterocycles. The van der Waals surface area contributed by atoms with E-state index in [4.69, 9.17) is 0 Å². The third-order valence-electron chi connectivity index (χ3n) is 4.41. The molecule has 0 bridgehead atoms. The van der Waals surface area contributed by atoms with Crippen LogP contribution in [0.5, 0.6) is 0 Å². The Morgan fingerprint density at radius 2 is 2.05 bits per heavy atom. The van der Waals surface area contributed by atoms with Crippen LogP contribution in [-0.4, -0.2) is 41.0 Å². The van der Waals surface area contributed by atoms with Gasteiger partial charge in [0.2, 0.25) is 5.91 Å². The SMILES string of the molecule is O=C(O)C1c2ccccc2CCN1C(=O)[C@H]1CCCCN1. The zero-order valence-corrected chi connectivity index (χ0v) is 11.9. The lowest BCUT2D eigenvalue weighted by Crippen LogP contribution is -2.52. The maximum Gasteiger partial charge on any atom is 0.331 e. The number of hydrogen-bond donors (Lipinski definition) is 2. The van der Waals surface area contributed by atoms with Gasteiger partial charge in [0.15, 0.2) is 6.04 Å². The monoisotopic (exact) mass is 288 g/mol. The molecule has 3 rings (SSSR count). The van der Waals surface area contributed by atoms with Gasteiger partial charge in [0.05, 0.1) is 6.04 Å². The number of fused-ring (bicyclic) bond motifs is 1. The average Bonchev–Trinajstić information content (AvgIpc) is 2.53. The Hall–Kier alpha value is -1.88. The van der Waals surface area contributed by atoms with E-state index in [1.165, 1.54) is 4.90 Å². The lowest BCUT2D eigenvalue weighted by Gasteiger charge is -2.37. The van der Waals surface area contributed by atoms with Crippen LogP contribution in [-0.2, 0) is 16.0 Å². The minimum atomic E-state index is -0.952. The number of carboxylic acid groups (broad SMARTS) is 1. The van der Waals surface area contributed by atoms with Gasteiger partial charge in [-0.1, -0.05) is 30.7 Å². The zero-order chi connectivity index (χ0) is 14.8. The first-order chi connectivity index (χ1) is 10.2. The van der Waals surface area contributed by atoms with Gasteiger partial charge in [0.1, 0.15) is 0 Å². The standard InChI is InChI=1S/C16H20N2O3/c19-15(13-7-3-4-9-17-13)18-10-8-11-5-1-2-6-12(11)14(18)16(20)21/h1-2,5-6,13-14,17H,3-4,7-10H2,(H,20,21)/t13-,14?/m1/s1. The molecule has 0 radical (unpaired) electrons. The number of hydrogen-bond acceptors (Lipinski definition) is 3. The average molecular weight is 288 g/mol. The van der Waals surface area contributed by atoms with Crippen LogP contribution >= 0.6 is 0 Å². The van der Waals surface area contributed by atoms with Crippen molar-refractivity contribution in [3.63, 3.8) is 0 Å². The minimum absolute atomic E-state index is 0.0726. The molecule has 1 fully saturated rings. The van der Waals surface area contributed by atoms with E-state index in [-0.39, 0.29) is 11.9 Å². The first-order valence-corrected chi connectivity index (χ1v) is 7.53. The number of nitrogens with one attached hydrogen (secondary N) is 1. The van der Waals surface area contributed by atoms with Crippen LogP contribution in [0.2, 0.25) is 0 Å². The fraction of sp³-hybridized carbons (Fsp3) is 0.500. The van der Waals surface area contributed by atoms with Crippen LogP contribution in [0.3, 0.4) is 0 Å².